The van der Waals surface area contributed by atoms with Gasteiger partial charge in [-0.25, -0.2) is 9.37 Å². The van der Waals surface area contributed by atoms with Gasteiger partial charge in [-0.1, -0.05) is 12.1 Å². The second-order valence-corrected chi connectivity index (χ2v) is 4.78. The molecule has 110 valence electrons. The molecule has 0 radical (unpaired) electrons. The third-order valence-electron chi connectivity index (χ3n) is 3.00. The van der Waals surface area contributed by atoms with E-state index in [0.717, 1.165) is 5.56 Å². The predicted octanol–water partition coefficient (Wildman–Crippen LogP) is 1.87. The highest BCUT2D eigenvalue weighted by Gasteiger charge is 2.11. The minimum absolute atomic E-state index is 0.0860. The van der Waals surface area contributed by atoms with Gasteiger partial charge in [0.25, 0.3) is 5.91 Å². The molecule has 2 aromatic rings. The number of amides is 1. The molecule has 1 amide bonds. The number of nitrogen functional groups attached to an aromatic ring is 1. The van der Waals surface area contributed by atoms with Crippen molar-refractivity contribution in [1.82, 2.24) is 10.3 Å². The van der Waals surface area contributed by atoms with Crippen LogP contribution in [0.5, 0.6) is 0 Å². The van der Waals surface area contributed by atoms with Crippen LogP contribution >= 0.6 is 0 Å². The van der Waals surface area contributed by atoms with Crippen LogP contribution in [-0.2, 0) is 6.42 Å². The zero-order valence-electron chi connectivity index (χ0n) is 11.6. The van der Waals surface area contributed by atoms with Crippen LogP contribution in [0.4, 0.5) is 10.1 Å². The number of hydrogen-bond acceptors (Lipinski definition) is 4. The van der Waals surface area contributed by atoms with E-state index in [1.807, 2.05) is 6.92 Å². The average molecular weight is 288 g/mol. The molecule has 0 aliphatic rings. The van der Waals surface area contributed by atoms with Gasteiger partial charge in [0.05, 0.1) is 11.9 Å². The Bertz CT molecular complexity index is 598. The first-order valence-corrected chi connectivity index (χ1v) is 6.56. The number of hydrazine groups is 1. The summed E-state index contributed by atoms with van der Waals surface area (Å²) in [4.78, 5) is 16.0. The first kappa shape index (κ1) is 14.9. The number of nitrogens with zero attached hydrogens (tertiary/aromatic N) is 1. The summed E-state index contributed by atoms with van der Waals surface area (Å²) in [6, 6.07) is 9.41. The number of halogens is 1. The molecule has 5 nitrogen and oxygen atoms in total. The lowest BCUT2D eigenvalue weighted by Gasteiger charge is -2.13. The molecule has 21 heavy (non-hydrogen) atoms. The van der Waals surface area contributed by atoms with Crippen molar-refractivity contribution in [3.8, 4) is 0 Å². The third-order valence-corrected chi connectivity index (χ3v) is 3.00. The standard InChI is InChI=1S/C15H17FN4O/c1-10(8-11-2-4-12(16)5-3-11)19-15(21)14-7-6-13(20-17)9-18-14/h2-7,9-10,20H,8,17H2,1H3,(H,19,21). The van der Waals surface area contributed by atoms with Gasteiger partial charge in [0.15, 0.2) is 0 Å². The highest BCUT2D eigenvalue weighted by Crippen LogP contribution is 2.07. The lowest BCUT2D eigenvalue weighted by atomic mass is 10.1. The summed E-state index contributed by atoms with van der Waals surface area (Å²) < 4.78 is 12.8. The quantitative estimate of drug-likeness (QED) is 0.579. The van der Waals surface area contributed by atoms with Crippen LogP contribution in [0.2, 0.25) is 0 Å². The maximum absolute atomic E-state index is 12.8. The molecule has 0 fully saturated rings. The fourth-order valence-electron chi connectivity index (χ4n) is 1.94. The van der Waals surface area contributed by atoms with Gasteiger partial charge in [0, 0.05) is 6.04 Å². The molecule has 0 saturated heterocycles. The smallest absolute Gasteiger partial charge is 0.270 e. The molecule has 1 heterocycles. The van der Waals surface area contributed by atoms with Crippen molar-refractivity contribution in [2.24, 2.45) is 5.84 Å². The molecule has 6 heteroatoms. The number of aromatic nitrogens is 1. The Labute approximate surface area is 122 Å². The lowest BCUT2D eigenvalue weighted by Crippen LogP contribution is -2.34. The minimum atomic E-state index is -0.270. The molecule has 1 aromatic carbocycles. The van der Waals surface area contributed by atoms with Gasteiger partial charge in [-0.3, -0.25) is 10.6 Å². The van der Waals surface area contributed by atoms with Crippen molar-refractivity contribution >= 4 is 11.6 Å². The molecule has 1 unspecified atom stereocenters. The average Bonchev–Trinajstić information content (AvgIpc) is 2.49. The number of nitrogens with one attached hydrogen (secondary N) is 2. The first-order chi connectivity index (χ1) is 10.1. The van der Waals surface area contributed by atoms with Gasteiger partial charge in [-0.05, 0) is 43.2 Å². The highest BCUT2D eigenvalue weighted by atomic mass is 19.1. The maximum Gasteiger partial charge on any atom is 0.270 e. The largest absolute Gasteiger partial charge is 0.348 e. The number of hydrogen-bond donors (Lipinski definition) is 3. The van der Waals surface area contributed by atoms with Crippen molar-refractivity contribution in [2.45, 2.75) is 19.4 Å². The molecule has 1 aromatic heterocycles. The Morgan fingerprint density at radius 2 is 2.00 bits per heavy atom. The van der Waals surface area contributed by atoms with Crippen LogP contribution in [-0.4, -0.2) is 16.9 Å². The number of anilines is 1. The van der Waals surface area contributed by atoms with Crippen molar-refractivity contribution in [3.63, 3.8) is 0 Å². The second kappa shape index (κ2) is 6.81. The second-order valence-electron chi connectivity index (χ2n) is 4.78. The van der Waals surface area contributed by atoms with Crippen LogP contribution in [0.1, 0.15) is 23.0 Å². The Kier molecular flexibility index (Phi) is 4.84. The molecule has 0 saturated carbocycles. The Morgan fingerprint density at radius 1 is 1.29 bits per heavy atom. The normalized spacial score (nSPS) is 11.8. The molecule has 0 bridgehead atoms. The van der Waals surface area contributed by atoms with Crippen LogP contribution in [0.15, 0.2) is 42.6 Å². The first-order valence-electron chi connectivity index (χ1n) is 6.56. The van der Waals surface area contributed by atoms with E-state index >= 15 is 0 Å². The van der Waals surface area contributed by atoms with Crippen molar-refractivity contribution < 1.29 is 9.18 Å². The van der Waals surface area contributed by atoms with Gasteiger partial charge in [0.1, 0.15) is 11.5 Å². The number of nitrogens with two attached hydrogens (primary N) is 1. The van der Waals surface area contributed by atoms with E-state index in [2.05, 4.69) is 15.7 Å². The minimum Gasteiger partial charge on any atom is -0.348 e. The lowest BCUT2D eigenvalue weighted by molar-refractivity contribution is 0.0935. The van der Waals surface area contributed by atoms with E-state index in [-0.39, 0.29) is 17.8 Å². The number of rotatable bonds is 5. The number of carbonyl (C=O) groups excluding carboxylic acids is 1. The summed E-state index contributed by atoms with van der Waals surface area (Å²) in [5.74, 6) is 4.71. The topological polar surface area (TPSA) is 80.0 Å². The third kappa shape index (κ3) is 4.25. The van der Waals surface area contributed by atoms with Crippen LogP contribution < -0.4 is 16.6 Å². The van der Waals surface area contributed by atoms with Gasteiger partial charge in [-0.2, -0.15) is 0 Å². The van der Waals surface area contributed by atoms with Gasteiger partial charge in [0.2, 0.25) is 0 Å². The Morgan fingerprint density at radius 3 is 2.57 bits per heavy atom. The van der Waals surface area contributed by atoms with Crippen molar-refractivity contribution in [2.75, 3.05) is 5.43 Å². The summed E-state index contributed by atoms with van der Waals surface area (Å²) >= 11 is 0. The van der Waals surface area contributed by atoms with E-state index in [0.29, 0.717) is 17.8 Å². The monoisotopic (exact) mass is 288 g/mol. The van der Waals surface area contributed by atoms with Gasteiger partial charge < -0.3 is 10.7 Å². The summed E-state index contributed by atoms with van der Waals surface area (Å²) in [5.41, 5.74) is 4.35. The summed E-state index contributed by atoms with van der Waals surface area (Å²) in [6.07, 6.45) is 2.11. The molecule has 0 aliphatic heterocycles. The van der Waals surface area contributed by atoms with E-state index in [1.165, 1.54) is 18.3 Å². The van der Waals surface area contributed by atoms with Gasteiger partial charge in [-0.15, -0.1) is 0 Å². The fourth-order valence-corrected chi connectivity index (χ4v) is 1.94. The van der Waals surface area contributed by atoms with Crippen LogP contribution in [0, 0.1) is 5.82 Å². The van der Waals surface area contributed by atoms with E-state index in [9.17, 15) is 9.18 Å². The number of benzene rings is 1. The van der Waals surface area contributed by atoms with Crippen LogP contribution in [0.25, 0.3) is 0 Å². The van der Waals surface area contributed by atoms with E-state index < -0.39 is 0 Å². The van der Waals surface area contributed by atoms with Gasteiger partial charge >= 0.3 is 0 Å². The molecular weight excluding hydrogens is 271 g/mol. The molecule has 1 atom stereocenters. The Balaban J connectivity index is 1.93. The molecule has 4 N–H and O–H groups in total. The van der Waals surface area contributed by atoms with Crippen molar-refractivity contribution in [1.29, 1.82) is 0 Å². The highest BCUT2D eigenvalue weighted by molar-refractivity contribution is 5.92. The molecule has 0 spiro atoms. The van der Waals surface area contributed by atoms with E-state index in [4.69, 9.17) is 5.84 Å². The SMILES string of the molecule is CC(Cc1ccc(F)cc1)NC(=O)c1ccc(NN)cn1. The van der Waals surface area contributed by atoms with Crippen molar-refractivity contribution in [3.05, 3.63) is 59.7 Å². The van der Waals surface area contributed by atoms with E-state index in [1.54, 1.807) is 24.3 Å². The number of carbonyl (C=O) groups is 1. The Hall–Kier alpha value is -2.47. The zero-order valence-corrected chi connectivity index (χ0v) is 11.6. The predicted molar refractivity (Wildman–Crippen MR) is 79.1 cm³/mol. The summed E-state index contributed by atoms with van der Waals surface area (Å²) in [7, 11) is 0. The molecule has 2 rings (SSSR count). The fraction of sp³-hybridized carbons (Fsp3) is 0.200. The zero-order chi connectivity index (χ0) is 15.2. The summed E-state index contributed by atoms with van der Waals surface area (Å²) in [5, 5.41) is 2.85. The summed E-state index contributed by atoms with van der Waals surface area (Å²) in [6.45, 7) is 1.89. The molecule has 0 aliphatic carbocycles. The number of pyridine rings is 1. The maximum atomic E-state index is 12.8. The van der Waals surface area contributed by atoms with Crippen LogP contribution in [0.3, 0.4) is 0 Å². The molecular formula is C15H17FN4O.